The molecule has 2 rings (SSSR count). The first-order valence-corrected chi connectivity index (χ1v) is 6.27. The third-order valence-corrected chi connectivity index (χ3v) is 3.09. The summed E-state index contributed by atoms with van der Waals surface area (Å²) in [5, 5.41) is 2.90. The van der Waals surface area contributed by atoms with E-state index in [2.05, 4.69) is 12.2 Å². The van der Waals surface area contributed by atoms with Gasteiger partial charge >= 0.3 is 0 Å². The molecule has 17 heavy (non-hydrogen) atoms. The van der Waals surface area contributed by atoms with Gasteiger partial charge in [0.15, 0.2) is 6.10 Å². The summed E-state index contributed by atoms with van der Waals surface area (Å²) in [6, 6.07) is 10.2. The molecule has 0 saturated carbocycles. The molecule has 0 radical (unpaired) electrons. The minimum Gasteiger partial charge on any atom is -0.362 e. The summed E-state index contributed by atoms with van der Waals surface area (Å²) >= 11 is 0. The van der Waals surface area contributed by atoms with Crippen molar-refractivity contribution >= 4 is 5.91 Å². The normalized spacial score (nSPS) is 23.0. The summed E-state index contributed by atoms with van der Waals surface area (Å²) in [5.41, 5.74) is 1.11. The molecule has 0 bridgehead atoms. The fourth-order valence-electron chi connectivity index (χ4n) is 2.03. The van der Waals surface area contributed by atoms with Crippen LogP contribution in [0, 0.1) is 0 Å². The summed E-state index contributed by atoms with van der Waals surface area (Å²) in [6.07, 6.45) is 3.05. The summed E-state index contributed by atoms with van der Waals surface area (Å²) < 4.78 is 5.67. The van der Waals surface area contributed by atoms with Gasteiger partial charge in [-0.25, -0.2) is 0 Å². The lowest BCUT2D eigenvalue weighted by molar-refractivity contribution is -0.150. The quantitative estimate of drug-likeness (QED) is 0.765. The first-order valence-electron chi connectivity index (χ1n) is 6.27. The number of ether oxygens (including phenoxy) is 1. The van der Waals surface area contributed by atoms with E-state index in [1.807, 2.05) is 30.3 Å². The Kier molecular flexibility index (Phi) is 4.15. The Morgan fingerprint density at radius 3 is 2.71 bits per heavy atom. The van der Waals surface area contributed by atoms with Gasteiger partial charge in [-0.05, 0) is 12.0 Å². The SMILES string of the molecule is CCCC[C@H]1NC(=O)[C@@H]1OCc1ccccc1. The van der Waals surface area contributed by atoms with Crippen molar-refractivity contribution in [3.63, 3.8) is 0 Å². The lowest BCUT2D eigenvalue weighted by Crippen LogP contribution is -2.63. The highest BCUT2D eigenvalue weighted by Crippen LogP contribution is 2.18. The van der Waals surface area contributed by atoms with Gasteiger partial charge in [-0.15, -0.1) is 0 Å². The molecule has 1 heterocycles. The minimum atomic E-state index is -0.248. The average Bonchev–Trinajstić information content (AvgIpc) is 2.35. The lowest BCUT2D eigenvalue weighted by atomic mass is 9.96. The van der Waals surface area contributed by atoms with Crippen molar-refractivity contribution < 1.29 is 9.53 Å². The zero-order valence-corrected chi connectivity index (χ0v) is 10.2. The van der Waals surface area contributed by atoms with Gasteiger partial charge in [0.2, 0.25) is 0 Å². The van der Waals surface area contributed by atoms with E-state index in [1.165, 1.54) is 0 Å². The van der Waals surface area contributed by atoms with E-state index in [4.69, 9.17) is 4.74 Å². The molecular formula is C14H19NO2. The molecule has 1 aliphatic heterocycles. The van der Waals surface area contributed by atoms with Crippen LogP contribution in [0.3, 0.4) is 0 Å². The van der Waals surface area contributed by atoms with E-state index in [0.29, 0.717) is 6.61 Å². The Hall–Kier alpha value is -1.35. The molecule has 1 N–H and O–H groups in total. The Morgan fingerprint density at radius 2 is 2.06 bits per heavy atom. The smallest absolute Gasteiger partial charge is 0.251 e. The third-order valence-electron chi connectivity index (χ3n) is 3.09. The van der Waals surface area contributed by atoms with Crippen LogP contribution in [0.25, 0.3) is 0 Å². The highest BCUT2D eigenvalue weighted by molar-refractivity contribution is 5.88. The number of unbranched alkanes of at least 4 members (excludes halogenated alkanes) is 1. The van der Waals surface area contributed by atoms with Gasteiger partial charge < -0.3 is 10.1 Å². The molecule has 92 valence electrons. The van der Waals surface area contributed by atoms with Crippen molar-refractivity contribution in [2.24, 2.45) is 0 Å². The molecule has 1 amide bonds. The van der Waals surface area contributed by atoms with E-state index >= 15 is 0 Å². The highest BCUT2D eigenvalue weighted by Gasteiger charge is 2.39. The number of carbonyl (C=O) groups excluding carboxylic acids is 1. The van der Waals surface area contributed by atoms with Crippen molar-refractivity contribution in [2.75, 3.05) is 0 Å². The van der Waals surface area contributed by atoms with Crippen molar-refractivity contribution in [3.8, 4) is 0 Å². The van der Waals surface area contributed by atoms with E-state index in [1.54, 1.807) is 0 Å². The Balaban J connectivity index is 1.79. The Labute approximate surface area is 102 Å². The van der Waals surface area contributed by atoms with Crippen LogP contribution in [-0.2, 0) is 16.1 Å². The fraction of sp³-hybridized carbons (Fsp3) is 0.500. The number of carbonyl (C=O) groups is 1. The molecule has 1 aliphatic rings. The number of rotatable bonds is 6. The van der Waals surface area contributed by atoms with Crippen molar-refractivity contribution in [3.05, 3.63) is 35.9 Å². The first-order chi connectivity index (χ1) is 8.31. The molecular weight excluding hydrogens is 214 g/mol. The predicted molar refractivity (Wildman–Crippen MR) is 66.5 cm³/mol. The highest BCUT2D eigenvalue weighted by atomic mass is 16.5. The molecule has 3 heteroatoms. The monoisotopic (exact) mass is 233 g/mol. The van der Waals surface area contributed by atoms with Gasteiger partial charge in [-0.2, -0.15) is 0 Å². The number of β-lactam (4-membered cyclic amide) rings is 1. The topological polar surface area (TPSA) is 38.3 Å². The summed E-state index contributed by atoms with van der Waals surface area (Å²) in [7, 11) is 0. The van der Waals surface area contributed by atoms with Gasteiger partial charge in [0.1, 0.15) is 0 Å². The van der Waals surface area contributed by atoms with E-state index < -0.39 is 0 Å². The molecule has 0 aliphatic carbocycles. The van der Waals surface area contributed by atoms with Crippen LogP contribution in [-0.4, -0.2) is 18.1 Å². The van der Waals surface area contributed by atoms with Crippen LogP contribution < -0.4 is 5.32 Å². The third kappa shape index (κ3) is 3.07. The maximum atomic E-state index is 11.4. The second-order valence-electron chi connectivity index (χ2n) is 4.47. The molecule has 0 spiro atoms. The van der Waals surface area contributed by atoms with E-state index in [-0.39, 0.29) is 18.1 Å². The number of hydrogen-bond acceptors (Lipinski definition) is 2. The van der Waals surface area contributed by atoms with Crippen molar-refractivity contribution in [1.29, 1.82) is 0 Å². The maximum absolute atomic E-state index is 11.4. The van der Waals surface area contributed by atoms with Gasteiger partial charge in [0, 0.05) is 0 Å². The van der Waals surface area contributed by atoms with E-state index in [0.717, 1.165) is 24.8 Å². The second kappa shape index (κ2) is 5.82. The minimum absolute atomic E-state index is 0.0297. The molecule has 1 saturated heterocycles. The molecule has 1 aromatic carbocycles. The van der Waals surface area contributed by atoms with Crippen molar-refractivity contribution in [2.45, 2.75) is 44.9 Å². The standard InChI is InChI=1S/C14H19NO2/c1-2-3-9-12-13(14(16)15-12)17-10-11-7-5-4-6-8-11/h4-8,12-13H,2-3,9-10H2,1H3,(H,15,16)/t12-,13-/m1/s1. The zero-order chi connectivity index (χ0) is 12.1. The zero-order valence-electron chi connectivity index (χ0n) is 10.2. The Bertz CT molecular complexity index is 364. The number of nitrogens with one attached hydrogen (secondary N) is 1. The van der Waals surface area contributed by atoms with Crippen LogP contribution >= 0.6 is 0 Å². The van der Waals surface area contributed by atoms with Crippen LogP contribution in [0.2, 0.25) is 0 Å². The summed E-state index contributed by atoms with van der Waals surface area (Å²) in [4.78, 5) is 11.4. The molecule has 0 aromatic heterocycles. The van der Waals surface area contributed by atoms with Crippen LogP contribution in [0.15, 0.2) is 30.3 Å². The Morgan fingerprint density at radius 1 is 1.29 bits per heavy atom. The molecule has 3 nitrogen and oxygen atoms in total. The van der Waals surface area contributed by atoms with Crippen LogP contribution in [0.5, 0.6) is 0 Å². The number of amides is 1. The average molecular weight is 233 g/mol. The molecule has 2 atom stereocenters. The lowest BCUT2D eigenvalue weighted by Gasteiger charge is -2.36. The molecule has 0 unspecified atom stereocenters. The van der Waals surface area contributed by atoms with Crippen LogP contribution in [0.1, 0.15) is 31.7 Å². The van der Waals surface area contributed by atoms with Crippen LogP contribution in [0.4, 0.5) is 0 Å². The van der Waals surface area contributed by atoms with Gasteiger partial charge in [-0.3, -0.25) is 4.79 Å². The first kappa shape index (κ1) is 12.1. The largest absolute Gasteiger partial charge is 0.362 e. The maximum Gasteiger partial charge on any atom is 0.251 e. The predicted octanol–water partition coefficient (Wildman–Crippen LogP) is 2.26. The number of benzene rings is 1. The number of hydrogen-bond donors (Lipinski definition) is 1. The second-order valence-corrected chi connectivity index (χ2v) is 4.47. The van der Waals surface area contributed by atoms with Gasteiger partial charge in [-0.1, -0.05) is 50.1 Å². The van der Waals surface area contributed by atoms with Gasteiger partial charge in [0.05, 0.1) is 12.6 Å². The van der Waals surface area contributed by atoms with Crippen molar-refractivity contribution in [1.82, 2.24) is 5.32 Å². The molecule has 1 aromatic rings. The fourth-order valence-corrected chi connectivity index (χ4v) is 2.03. The summed E-state index contributed by atoms with van der Waals surface area (Å²) in [6.45, 7) is 2.67. The summed E-state index contributed by atoms with van der Waals surface area (Å²) in [5.74, 6) is 0.0297. The molecule has 1 fully saturated rings. The van der Waals surface area contributed by atoms with E-state index in [9.17, 15) is 4.79 Å². The van der Waals surface area contributed by atoms with Gasteiger partial charge in [0.25, 0.3) is 5.91 Å².